The van der Waals surface area contributed by atoms with Gasteiger partial charge in [-0.15, -0.1) is 0 Å². The van der Waals surface area contributed by atoms with E-state index in [1.165, 1.54) is 16.9 Å². The number of fused-ring (bicyclic) bond motifs is 1. The molecule has 0 atom stereocenters. The Morgan fingerprint density at radius 2 is 2.13 bits per heavy atom. The number of amides is 1. The Hall–Kier alpha value is -1.95. The highest BCUT2D eigenvalue weighted by atomic mass is 32.1. The molecule has 122 valence electrons. The number of esters is 1. The van der Waals surface area contributed by atoms with Crippen LogP contribution in [0.25, 0.3) is 10.2 Å². The molecule has 0 spiro atoms. The first-order valence-electron chi connectivity index (χ1n) is 7.98. The van der Waals surface area contributed by atoms with Crippen LogP contribution in [-0.2, 0) is 27.3 Å². The lowest BCUT2D eigenvalue weighted by Gasteiger charge is -2.05. The molecule has 0 radical (unpaired) electrons. The second-order valence-corrected chi connectivity index (χ2v) is 6.66. The summed E-state index contributed by atoms with van der Waals surface area (Å²) in [5.74, 6) is -0.320. The first kappa shape index (κ1) is 15.9. The zero-order valence-electron chi connectivity index (χ0n) is 13.4. The average Bonchev–Trinajstić information content (AvgIpc) is 3.33. The molecule has 2 aromatic rings. The van der Waals surface area contributed by atoms with Gasteiger partial charge in [-0.3, -0.25) is 9.59 Å². The minimum atomic E-state index is -0.313. The van der Waals surface area contributed by atoms with Crippen molar-refractivity contribution in [2.24, 2.45) is 10.9 Å². The fourth-order valence-corrected chi connectivity index (χ4v) is 3.53. The van der Waals surface area contributed by atoms with Crippen molar-refractivity contribution in [1.82, 2.24) is 4.57 Å². The van der Waals surface area contributed by atoms with E-state index >= 15 is 0 Å². The molecule has 6 heteroatoms. The first-order valence-corrected chi connectivity index (χ1v) is 8.80. The monoisotopic (exact) mass is 332 g/mol. The predicted molar refractivity (Wildman–Crippen MR) is 89.1 cm³/mol. The van der Waals surface area contributed by atoms with Crippen molar-refractivity contribution in [2.45, 2.75) is 39.7 Å². The van der Waals surface area contributed by atoms with Gasteiger partial charge < -0.3 is 9.30 Å². The van der Waals surface area contributed by atoms with E-state index in [9.17, 15) is 9.59 Å². The molecule has 1 aliphatic rings. The fraction of sp³-hybridized carbons (Fsp3) is 0.471. The van der Waals surface area contributed by atoms with Gasteiger partial charge >= 0.3 is 5.97 Å². The number of ether oxygens (including phenoxy) is 1. The molecular formula is C17H20N2O3S. The summed E-state index contributed by atoms with van der Waals surface area (Å²) in [6.07, 6.45) is 2.79. The second-order valence-electron chi connectivity index (χ2n) is 5.66. The van der Waals surface area contributed by atoms with Gasteiger partial charge in [-0.2, -0.15) is 4.99 Å². The van der Waals surface area contributed by atoms with Gasteiger partial charge in [0.25, 0.3) is 5.91 Å². The molecule has 1 amide bonds. The quantitative estimate of drug-likeness (QED) is 0.791. The molecule has 3 rings (SSSR count). The van der Waals surface area contributed by atoms with Crippen LogP contribution in [0.4, 0.5) is 0 Å². The zero-order chi connectivity index (χ0) is 16.4. The van der Waals surface area contributed by atoms with Crippen molar-refractivity contribution in [3.8, 4) is 0 Å². The van der Waals surface area contributed by atoms with E-state index in [1.54, 1.807) is 11.5 Å². The van der Waals surface area contributed by atoms with Crippen LogP contribution in [0.5, 0.6) is 0 Å². The molecule has 0 bridgehead atoms. The van der Waals surface area contributed by atoms with E-state index in [4.69, 9.17) is 4.74 Å². The number of nitrogens with zero attached hydrogens (tertiary/aromatic N) is 2. The van der Waals surface area contributed by atoms with Crippen molar-refractivity contribution >= 4 is 33.4 Å². The Morgan fingerprint density at radius 3 is 2.78 bits per heavy atom. The summed E-state index contributed by atoms with van der Waals surface area (Å²) in [6.45, 7) is 4.30. The number of aryl methyl sites for hydroxylation is 1. The third-order valence-corrected chi connectivity index (χ3v) is 4.92. The minimum absolute atomic E-state index is 0.0717. The Balaban J connectivity index is 2.07. The maximum absolute atomic E-state index is 12.0. The van der Waals surface area contributed by atoms with E-state index in [1.807, 2.05) is 12.1 Å². The van der Waals surface area contributed by atoms with E-state index in [0.717, 1.165) is 29.5 Å². The normalized spacial score (nSPS) is 15.1. The van der Waals surface area contributed by atoms with Gasteiger partial charge in [0.2, 0.25) is 0 Å². The van der Waals surface area contributed by atoms with E-state index in [2.05, 4.69) is 18.0 Å². The maximum atomic E-state index is 12.0. The number of benzene rings is 1. The van der Waals surface area contributed by atoms with Gasteiger partial charge in [0, 0.05) is 5.92 Å². The molecule has 1 aromatic heterocycles. The average molecular weight is 332 g/mol. The highest BCUT2D eigenvalue weighted by Gasteiger charge is 2.29. The van der Waals surface area contributed by atoms with Gasteiger partial charge in [0.1, 0.15) is 6.54 Å². The minimum Gasteiger partial charge on any atom is -0.465 e. The molecule has 1 aromatic carbocycles. The van der Waals surface area contributed by atoms with Crippen molar-refractivity contribution in [2.75, 3.05) is 6.61 Å². The van der Waals surface area contributed by atoms with Crippen LogP contribution in [0.3, 0.4) is 0 Å². The summed E-state index contributed by atoms with van der Waals surface area (Å²) in [5.41, 5.74) is 2.14. The van der Waals surface area contributed by atoms with Gasteiger partial charge in [-0.05, 0) is 43.9 Å². The lowest BCUT2D eigenvalue weighted by atomic mass is 10.2. The lowest BCUT2D eigenvalue weighted by Crippen LogP contribution is -2.23. The molecule has 0 saturated heterocycles. The van der Waals surface area contributed by atoms with Crippen LogP contribution in [-0.4, -0.2) is 23.1 Å². The largest absolute Gasteiger partial charge is 0.465 e. The SMILES string of the molecule is CCOC(=O)Cn1c(=NC(=O)C2CC2)sc2cc(CC)ccc21. The summed E-state index contributed by atoms with van der Waals surface area (Å²) >= 11 is 1.45. The molecular weight excluding hydrogens is 312 g/mol. The van der Waals surface area contributed by atoms with Crippen LogP contribution in [0.15, 0.2) is 23.2 Å². The van der Waals surface area contributed by atoms with Crippen LogP contribution in [0.1, 0.15) is 32.3 Å². The summed E-state index contributed by atoms with van der Waals surface area (Å²) in [6, 6.07) is 6.13. The Bertz CT molecular complexity index is 815. The maximum Gasteiger partial charge on any atom is 0.326 e. The molecule has 0 unspecified atom stereocenters. The third-order valence-electron chi connectivity index (χ3n) is 3.88. The van der Waals surface area contributed by atoms with Crippen LogP contribution in [0, 0.1) is 5.92 Å². The Kier molecular flexibility index (Phi) is 4.61. The molecule has 0 N–H and O–H groups in total. The highest BCUT2D eigenvalue weighted by Crippen LogP contribution is 2.30. The zero-order valence-corrected chi connectivity index (χ0v) is 14.2. The predicted octanol–water partition coefficient (Wildman–Crippen LogP) is 2.67. The van der Waals surface area contributed by atoms with Gasteiger partial charge in [-0.25, -0.2) is 0 Å². The summed E-state index contributed by atoms with van der Waals surface area (Å²) in [7, 11) is 0. The van der Waals surface area contributed by atoms with E-state index in [0.29, 0.717) is 11.4 Å². The second kappa shape index (κ2) is 6.66. The molecule has 0 aliphatic heterocycles. The number of carbonyl (C=O) groups excluding carboxylic acids is 2. The lowest BCUT2D eigenvalue weighted by molar-refractivity contribution is -0.143. The van der Waals surface area contributed by atoms with Gasteiger partial charge in [-0.1, -0.05) is 24.3 Å². The summed E-state index contributed by atoms with van der Waals surface area (Å²) in [4.78, 5) is 28.8. The summed E-state index contributed by atoms with van der Waals surface area (Å²) in [5, 5.41) is 0. The summed E-state index contributed by atoms with van der Waals surface area (Å²) < 4.78 is 7.87. The molecule has 1 fully saturated rings. The number of rotatable bonds is 5. The molecule has 1 heterocycles. The first-order chi connectivity index (χ1) is 11.1. The molecule has 1 saturated carbocycles. The molecule has 5 nitrogen and oxygen atoms in total. The van der Waals surface area contributed by atoms with Crippen LogP contribution >= 0.6 is 11.3 Å². The fourth-order valence-electron chi connectivity index (χ4n) is 2.43. The third kappa shape index (κ3) is 3.52. The Labute approximate surface area is 138 Å². The van der Waals surface area contributed by atoms with Crippen molar-refractivity contribution in [1.29, 1.82) is 0 Å². The van der Waals surface area contributed by atoms with Crippen molar-refractivity contribution in [3.63, 3.8) is 0 Å². The smallest absolute Gasteiger partial charge is 0.326 e. The van der Waals surface area contributed by atoms with Gasteiger partial charge in [0.15, 0.2) is 4.80 Å². The number of thiazole rings is 1. The number of hydrogen-bond donors (Lipinski definition) is 0. The standard InChI is InChI=1S/C17H20N2O3S/c1-3-11-5-8-13-14(9-11)23-17(18-16(21)12-6-7-12)19(13)10-15(20)22-4-2/h5,8-9,12H,3-4,6-7,10H2,1-2H3. The number of aromatic nitrogens is 1. The van der Waals surface area contributed by atoms with E-state index < -0.39 is 0 Å². The highest BCUT2D eigenvalue weighted by molar-refractivity contribution is 7.16. The molecule has 23 heavy (non-hydrogen) atoms. The number of hydrogen-bond acceptors (Lipinski definition) is 4. The van der Waals surface area contributed by atoms with Crippen LogP contribution < -0.4 is 4.80 Å². The Morgan fingerprint density at radius 1 is 1.35 bits per heavy atom. The van der Waals surface area contributed by atoms with Gasteiger partial charge in [0.05, 0.1) is 16.8 Å². The molecule has 1 aliphatic carbocycles. The van der Waals surface area contributed by atoms with Crippen molar-refractivity contribution < 1.29 is 14.3 Å². The number of carbonyl (C=O) groups is 2. The topological polar surface area (TPSA) is 60.7 Å². The van der Waals surface area contributed by atoms with Crippen LogP contribution in [0.2, 0.25) is 0 Å². The van der Waals surface area contributed by atoms with E-state index in [-0.39, 0.29) is 24.3 Å². The van der Waals surface area contributed by atoms with Crippen molar-refractivity contribution in [3.05, 3.63) is 28.6 Å².